The first-order valence-corrected chi connectivity index (χ1v) is 7.23. The molecule has 4 nitrogen and oxygen atoms in total. The van der Waals surface area contributed by atoms with Crippen LogP contribution in [0.5, 0.6) is 0 Å². The van der Waals surface area contributed by atoms with Crippen molar-refractivity contribution in [1.29, 1.82) is 0 Å². The molecule has 0 aliphatic rings. The smallest absolute Gasteiger partial charge is 0.158 e. The van der Waals surface area contributed by atoms with E-state index >= 15 is 0 Å². The molecule has 1 N–H and O–H groups in total. The van der Waals surface area contributed by atoms with Gasteiger partial charge in [0, 0.05) is 36.3 Å². The van der Waals surface area contributed by atoms with E-state index in [-0.39, 0.29) is 0 Å². The molecule has 0 saturated carbocycles. The Morgan fingerprint density at radius 1 is 1.10 bits per heavy atom. The molecule has 2 heterocycles. The van der Waals surface area contributed by atoms with Crippen LogP contribution >= 0.6 is 0 Å². The molecule has 108 valence electrons. The molecule has 0 atom stereocenters. The van der Waals surface area contributed by atoms with E-state index in [1.807, 2.05) is 13.0 Å². The summed E-state index contributed by atoms with van der Waals surface area (Å²) in [5.74, 6) is 0.871. The number of hydrogen-bond acceptors (Lipinski definition) is 3. The summed E-state index contributed by atoms with van der Waals surface area (Å²) in [5, 5.41) is 14.4. The SMILES string of the molecule is Cc1nnc(NCCc2ccccc2)c2cn(C)c(C)c12. The van der Waals surface area contributed by atoms with Crippen molar-refractivity contribution in [2.24, 2.45) is 7.05 Å². The summed E-state index contributed by atoms with van der Waals surface area (Å²) in [7, 11) is 2.06. The lowest BCUT2D eigenvalue weighted by molar-refractivity contribution is 0.888. The number of anilines is 1. The van der Waals surface area contributed by atoms with Crippen molar-refractivity contribution in [1.82, 2.24) is 14.8 Å². The molecule has 21 heavy (non-hydrogen) atoms. The Hall–Kier alpha value is -2.36. The number of nitrogens with zero attached hydrogens (tertiary/aromatic N) is 3. The van der Waals surface area contributed by atoms with Gasteiger partial charge in [-0.05, 0) is 25.8 Å². The topological polar surface area (TPSA) is 42.7 Å². The van der Waals surface area contributed by atoms with Gasteiger partial charge in [0.05, 0.1) is 5.69 Å². The number of aryl methyl sites for hydroxylation is 3. The average Bonchev–Trinajstić information content (AvgIpc) is 2.79. The van der Waals surface area contributed by atoms with Crippen LogP contribution in [0.3, 0.4) is 0 Å². The third-order valence-electron chi connectivity index (χ3n) is 3.95. The molecule has 0 unspecified atom stereocenters. The molecule has 1 aromatic carbocycles. The van der Waals surface area contributed by atoms with E-state index in [2.05, 4.69) is 64.5 Å². The van der Waals surface area contributed by atoms with Crippen molar-refractivity contribution < 1.29 is 0 Å². The van der Waals surface area contributed by atoms with E-state index in [0.717, 1.165) is 29.9 Å². The van der Waals surface area contributed by atoms with Crippen LogP contribution in [0.4, 0.5) is 5.82 Å². The van der Waals surface area contributed by atoms with E-state index in [9.17, 15) is 0 Å². The fourth-order valence-corrected chi connectivity index (χ4v) is 2.69. The predicted molar refractivity (Wildman–Crippen MR) is 86.6 cm³/mol. The Morgan fingerprint density at radius 3 is 2.62 bits per heavy atom. The highest BCUT2D eigenvalue weighted by molar-refractivity contribution is 5.95. The molecule has 0 fully saturated rings. The molecular weight excluding hydrogens is 260 g/mol. The maximum absolute atomic E-state index is 4.32. The quantitative estimate of drug-likeness (QED) is 0.798. The summed E-state index contributed by atoms with van der Waals surface area (Å²) < 4.78 is 2.13. The molecule has 0 spiro atoms. The second-order valence-corrected chi connectivity index (χ2v) is 5.41. The molecule has 0 radical (unpaired) electrons. The van der Waals surface area contributed by atoms with E-state index in [0.29, 0.717) is 0 Å². The predicted octanol–water partition coefficient (Wildman–Crippen LogP) is 3.24. The number of rotatable bonds is 4. The molecule has 3 rings (SSSR count). The third kappa shape index (κ3) is 2.61. The van der Waals surface area contributed by atoms with Crippen molar-refractivity contribution in [2.45, 2.75) is 20.3 Å². The number of nitrogens with one attached hydrogen (secondary N) is 1. The Kier molecular flexibility index (Phi) is 3.60. The zero-order valence-electron chi connectivity index (χ0n) is 12.7. The van der Waals surface area contributed by atoms with Gasteiger partial charge in [-0.2, -0.15) is 5.10 Å². The average molecular weight is 280 g/mol. The lowest BCUT2D eigenvalue weighted by Gasteiger charge is -2.07. The van der Waals surface area contributed by atoms with Crippen LogP contribution in [0, 0.1) is 13.8 Å². The van der Waals surface area contributed by atoms with Gasteiger partial charge in [-0.3, -0.25) is 0 Å². The van der Waals surface area contributed by atoms with Crippen molar-refractivity contribution in [3.05, 3.63) is 53.5 Å². The first kappa shape index (κ1) is 13.6. The van der Waals surface area contributed by atoms with Gasteiger partial charge in [-0.15, -0.1) is 5.10 Å². The minimum atomic E-state index is 0.852. The molecule has 3 aromatic rings. The van der Waals surface area contributed by atoms with Crippen LogP contribution in [0.15, 0.2) is 36.5 Å². The third-order valence-corrected chi connectivity index (χ3v) is 3.95. The standard InChI is InChI=1S/C17H20N4/c1-12-16-13(2)21(3)11-15(16)17(20-19-12)18-10-9-14-7-5-4-6-8-14/h4-8,11H,9-10H2,1-3H3,(H,18,20). The lowest BCUT2D eigenvalue weighted by atomic mass is 10.1. The van der Waals surface area contributed by atoms with Crippen molar-refractivity contribution in [3.8, 4) is 0 Å². The molecule has 0 saturated heterocycles. The van der Waals surface area contributed by atoms with Crippen LogP contribution in [-0.4, -0.2) is 21.3 Å². The first-order valence-electron chi connectivity index (χ1n) is 7.23. The fourth-order valence-electron chi connectivity index (χ4n) is 2.69. The summed E-state index contributed by atoms with van der Waals surface area (Å²) in [6, 6.07) is 10.5. The largest absolute Gasteiger partial charge is 0.368 e. The van der Waals surface area contributed by atoms with Crippen molar-refractivity contribution >= 4 is 16.6 Å². The summed E-state index contributed by atoms with van der Waals surface area (Å²) in [6.45, 7) is 4.98. The van der Waals surface area contributed by atoms with E-state index in [1.165, 1.54) is 16.6 Å². The molecule has 4 heteroatoms. The number of aromatic nitrogens is 3. The van der Waals surface area contributed by atoms with Crippen molar-refractivity contribution in [3.63, 3.8) is 0 Å². The van der Waals surface area contributed by atoms with Gasteiger partial charge in [-0.1, -0.05) is 30.3 Å². The van der Waals surface area contributed by atoms with Gasteiger partial charge < -0.3 is 9.88 Å². The second kappa shape index (κ2) is 5.56. The molecule has 0 bridgehead atoms. The normalized spacial score (nSPS) is 11.0. The Morgan fingerprint density at radius 2 is 1.86 bits per heavy atom. The van der Waals surface area contributed by atoms with E-state index in [1.54, 1.807) is 0 Å². The summed E-state index contributed by atoms with van der Waals surface area (Å²) in [4.78, 5) is 0. The zero-order chi connectivity index (χ0) is 14.8. The minimum absolute atomic E-state index is 0.852. The van der Waals surface area contributed by atoms with Crippen LogP contribution in [0.2, 0.25) is 0 Å². The maximum Gasteiger partial charge on any atom is 0.158 e. The van der Waals surface area contributed by atoms with Crippen LogP contribution in [0.25, 0.3) is 10.8 Å². The molecular formula is C17H20N4. The van der Waals surface area contributed by atoms with Gasteiger partial charge in [0.25, 0.3) is 0 Å². The number of fused-ring (bicyclic) bond motifs is 1. The monoisotopic (exact) mass is 280 g/mol. The Bertz CT molecular complexity index is 759. The van der Waals surface area contributed by atoms with Gasteiger partial charge in [0.1, 0.15) is 0 Å². The molecule has 0 aliphatic heterocycles. The Balaban J connectivity index is 1.81. The van der Waals surface area contributed by atoms with Crippen LogP contribution in [0.1, 0.15) is 17.0 Å². The highest BCUT2D eigenvalue weighted by Gasteiger charge is 2.12. The highest BCUT2D eigenvalue weighted by Crippen LogP contribution is 2.26. The van der Waals surface area contributed by atoms with Crippen LogP contribution < -0.4 is 5.32 Å². The van der Waals surface area contributed by atoms with E-state index < -0.39 is 0 Å². The van der Waals surface area contributed by atoms with Gasteiger partial charge in [0.2, 0.25) is 0 Å². The summed E-state index contributed by atoms with van der Waals surface area (Å²) in [6.07, 6.45) is 3.10. The summed E-state index contributed by atoms with van der Waals surface area (Å²) >= 11 is 0. The maximum atomic E-state index is 4.32. The fraction of sp³-hybridized carbons (Fsp3) is 0.294. The first-order chi connectivity index (χ1) is 10.2. The number of benzene rings is 1. The molecule has 0 aliphatic carbocycles. The van der Waals surface area contributed by atoms with E-state index in [4.69, 9.17) is 0 Å². The van der Waals surface area contributed by atoms with Crippen LogP contribution in [-0.2, 0) is 13.5 Å². The number of hydrogen-bond donors (Lipinski definition) is 1. The molecule has 2 aromatic heterocycles. The van der Waals surface area contributed by atoms with Gasteiger partial charge in [-0.25, -0.2) is 0 Å². The van der Waals surface area contributed by atoms with Gasteiger partial charge >= 0.3 is 0 Å². The minimum Gasteiger partial charge on any atom is -0.368 e. The van der Waals surface area contributed by atoms with Gasteiger partial charge in [0.15, 0.2) is 5.82 Å². The Labute approximate surface area is 124 Å². The van der Waals surface area contributed by atoms with Crippen molar-refractivity contribution in [2.75, 3.05) is 11.9 Å². The highest BCUT2D eigenvalue weighted by atomic mass is 15.2. The summed E-state index contributed by atoms with van der Waals surface area (Å²) in [5.41, 5.74) is 3.53. The zero-order valence-corrected chi connectivity index (χ0v) is 12.7. The molecule has 0 amide bonds. The lowest BCUT2D eigenvalue weighted by Crippen LogP contribution is -2.07. The second-order valence-electron chi connectivity index (χ2n) is 5.41.